The van der Waals surface area contributed by atoms with Gasteiger partial charge in [-0.05, 0) is 13.3 Å². The highest BCUT2D eigenvalue weighted by Crippen LogP contribution is 2.07. The quantitative estimate of drug-likeness (QED) is 0.552. The summed E-state index contributed by atoms with van der Waals surface area (Å²) in [5.74, 6) is 0.326. The van der Waals surface area contributed by atoms with Crippen LogP contribution in [0.25, 0.3) is 0 Å². The molecule has 1 aliphatic rings. The van der Waals surface area contributed by atoms with Crippen LogP contribution in [0.15, 0.2) is 0 Å². The second kappa shape index (κ2) is 5.27. The summed E-state index contributed by atoms with van der Waals surface area (Å²) in [5.41, 5.74) is 0. The highest BCUT2D eigenvalue weighted by molar-refractivity contribution is 5.77. The van der Waals surface area contributed by atoms with E-state index in [-0.39, 0.29) is 14.9 Å². The van der Waals surface area contributed by atoms with Crippen molar-refractivity contribution >= 4 is 5.91 Å². The van der Waals surface area contributed by atoms with Crippen LogP contribution < -0.4 is 0 Å². The Morgan fingerprint density at radius 1 is 1.50 bits per heavy atom. The molecule has 1 rings (SSSR count). The number of likely N-dealkylation sites (tertiary alicyclic amines) is 1. The van der Waals surface area contributed by atoms with Crippen LogP contribution in [0.4, 0.5) is 0 Å². The third-order valence-electron chi connectivity index (χ3n) is 1.55. The smallest absolute Gasteiger partial charge is 0.222 e. The van der Waals surface area contributed by atoms with E-state index < -0.39 is 0 Å². The van der Waals surface area contributed by atoms with Crippen LogP contribution in [0.5, 0.6) is 0 Å². The highest BCUT2D eigenvalue weighted by atomic mass is 16.2. The second-order valence-corrected chi connectivity index (χ2v) is 2.08. The number of rotatable bonds is 1. The zero-order valence-electron chi connectivity index (χ0n) is 5.18. The molecule has 0 aromatic carbocycles. The van der Waals surface area contributed by atoms with Crippen LogP contribution in [0.3, 0.4) is 0 Å². The first-order valence-corrected chi connectivity index (χ1v) is 3.12. The Morgan fingerprint density at radius 2 is 2.10 bits per heavy atom. The fraction of sp³-hybridized carbons (Fsp3) is 0.875. The Morgan fingerprint density at radius 3 is 2.30 bits per heavy atom. The lowest BCUT2D eigenvalue weighted by Crippen LogP contribution is -2.23. The molecule has 0 unspecified atom stereocenters. The van der Waals surface area contributed by atoms with E-state index in [1.807, 2.05) is 11.8 Å². The van der Waals surface area contributed by atoms with E-state index in [1.54, 1.807) is 0 Å². The zero-order valence-corrected chi connectivity index (χ0v) is 5.18. The predicted molar refractivity (Wildman–Crippen MR) is 45.0 cm³/mol. The molecule has 2 heteroatoms. The van der Waals surface area contributed by atoms with Gasteiger partial charge in [-0.1, -0.05) is 14.9 Å². The largest absolute Gasteiger partial charge is 0.343 e. The maximum Gasteiger partial charge on any atom is 0.222 e. The number of carbonyl (C=O) groups excluding carboxylic acids is 1. The number of carbonyl (C=O) groups is 1. The average molecular weight is 145 g/mol. The highest BCUT2D eigenvalue weighted by Gasteiger charge is 2.16. The molecule has 1 saturated heterocycles. The standard InChI is InChI=1S/C6H11NO.2CH4/c1-2-7-5-3-4-6(7)8;;/h2-5H2,1H3;2*1H4. The third-order valence-corrected chi connectivity index (χ3v) is 1.55. The summed E-state index contributed by atoms with van der Waals surface area (Å²) in [7, 11) is 0. The Bertz CT molecular complexity index is 101. The van der Waals surface area contributed by atoms with Crippen LogP contribution in [0.2, 0.25) is 0 Å². The minimum atomic E-state index is 0. The predicted octanol–water partition coefficient (Wildman–Crippen LogP) is 1.90. The SMILES string of the molecule is C.C.CCN1CCCC1=O. The molecule has 62 valence electrons. The Balaban J connectivity index is 0. The number of amides is 1. The van der Waals surface area contributed by atoms with Crippen molar-refractivity contribution in [2.45, 2.75) is 34.6 Å². The van der Waals surface area contributed by atoms with Crippen LogP contribution in [-0.4, -0.2) is 23.9 Å². The Hall–Kier alpha value is -0.530. The summed E-state index contributed by atoms with van der Waals surface area (Å²) in [6.07, 6.45) is 1.83. The van der Waals surface area contributed by atoms with E-state index in [2.05, 4.69) is 0 Å². The molecule has 1 fully saturated rings. The van der Waals surface area contributed by atoms with Gasteiger partial charge in [0.05, 0.1) is 0 Å². The average Bonchev–Trinajstić information content (AvgIpc) is 2.14. The van der Waals surface area contributed by atoms with Crippen molar-refractivity contribution in [2.24, 2.45) is 0 Å². The van der Waals surface area contributed by atoms with Gasteiger partial charge in [0.15, 0.2) is 0 Å². The van der Waals surface area contributed by atoms with E-state index in [0.717, 1.165) is 25.9 Å². The lowest BCUT2D eigenvalue weighted by molar-refractivity contribution is -0.127. The Labute approximate surface area is 64.2 Å². The molecule has 0 aromatic heterocycles. The fourth-order valence-electron chi connectivity index (χ4n) is 1.04. The van der Waals surface area contributed by atoms with Crippen molar-refractivity contribution in [3.05, 3.63) is 0 Å². The van der Waals surface area contributed by atoms with Crippen molar-refractivity contribution in [2.75, 3.05) is 13.1 Å². The molecule has 0 N–H and O–H groups in total. The fourth-order valence-corrected chi connectivity index (χ4v) is 1.04. The monoisotopic (exact) mass is 145 g/mol. The van der Waals surface area contributed by atoms with E-state index >= 15 is 0 Å². The summed E-state index contributed by atoms with van der Waals surface area (Å²) in [6, 6.07) is 0. The lowest BCUT2D eigenvalue weighted by Gasteiger charge is -2.10. The first-order chi connectivity index (χ1) is 3.84. The van der Waals surface area contributed by atoms with Crippen LogP contribution in [0, 0.1) is 0 Å². The molecule has 0 aliphatic carbocycles. The van der Waals surface area contributed by atoms with Gasteiger partial charge in [0, 0.05) is 19.5 Å². The van der Waals surface area contributed by atoms with Gasteiger partial charge in [-0.25, -0.2) is 0 Å². The molecule has 1 heterocycles. The summed E-state index contributed by atoms with van der Waals surface area (Å²) >= 11 is 0. The van der Waals surface area contributed by atoms with Gasteiger partial charge in [-0.2, -0.15) is 0 Å². The molecule has 0 aromatic rings. The topological polar surface area (TPSA) is 20.3 Å². The molecule has 1 aliphatic heterocycles. The molecule has 0 spiro atoms. The summed E-state index contributed by atoms with van der Waals surface area (Å²) in [5, 5.41) is 0. The normalized spacial score (nSPS) is 16.1. The van der Waals surface area contributed by atoms with E-state index in [1.165, 1.54) is 0 Å². The Kier molecular flexibility index (Phi) is 6.42. The van der Waals surface area contributed by atoms with E-state index in [4.69, 9.17) is 0 Å². The van der Waals surface area contributed by atoms with Gasteiger partial charge in [-0.15, -0.1) is 0 Å². The molecule has 0 atom stereocenters. The summed E-state index contributed by atoms with van der Waals surface area (Å²) in [4.78, 5) is 12.6. The molecule has 0 saturated carbocycles. The van der Waals surface area contributed by atoms with Crippen LogP contribution >= 0.6 is 0 Å². The van der Waals surface area contributed by atoms with Crippen LogP contribution in [-0.2, 0) is 4.79 Å². The van der Waals surface area contributed by atoms with Crippen molar-refractivity contribution in [1.82, 2.24) is 4.90 Å². The molecule has 0 radical (unpaired) electrons. The van der Waals surface area contributed by atoms with Gasteiger partial charge in [0.2, 0.25) is 5.91 Å². The summed E-state index contributed by atoms with van der Waals surface area (Å²) < 4.78 is 0. The first-order valence-electron chi connectivity index (χ1n) is 3.12. The minimum Gasteiger partial charge on any atom is -0.343 e. The third kappa shape index (κ3) is 2.38. The van der Waals surface area contributed by atoms with Gasteiger partial charge in [-0.3, -0.25) is 4.79 Å². The maximum absolute atomic E-state index is 10.7. The number of hydrogen-bond acceptors (Lipinski definition) is 1. The van der Waals surface area contributed by atoms with Gasteiger partial charge in [0.1, 0.15) is 0 Å². The molecule has 0 bridgehead atoms. The zero-order chi connectivity index (χ0) is 5.98. The molecule has 10 heavy (non-hydrogen) atoms. The number of nitrogens with zero attached hydrogens (tertiary/aromatic N) is 1. The first kappa shape index (κ1) is 12.2. The second-order valence-electron chi connectivity index (χ2n) is 2.08. The van der Waals surface area contributed by atoms with Gasteiger partial charge >= 0.3 is 0 Å². The summed E-state index contributed by atoms with van der Waals surface area (Å²) in [6.45, 7) is 3.89. The van der Waals surface area contributed by atoms with Crippen molar-refractivity contribution < 1.29 is 4.79 Å². The minimum absolute atomic E-state index is 0. The van der Waals surface area contributed by atoms with Gasteiger partial charge < -0.3 is 4.90 Å². The molecule has 2 nitrogen and oxygen atoms in total. The lowest BCUT2D eigenvalue weighted by atomic mass is 10.4. The number of hydrogen-bond donors (Lipinski definition) is 0. The van der Waals surface area contributed by atoms with Gasteiger partial charge in [0.25, 0.3) is 0 Å². The molecule has 1 amide bonds. The van der Waals surface area contributed by atoms with Crippen molar-refractivity contribution in [3.8, 4) is 0 Å². The molecular weight excluding hydrogens is 126 g/mol. The maximum atomic E-state index is 10.7. The van der Waals surface area contributed by atoms with Crippen LogP contribution in [0.1, 0.15) is 34.6 Å². The van der Waals surface area contributed by atoms with E-state index in [0.29, 0.717) is 5.91 Å². The van der Waals surface area contributed by atoms with E-state index in [9.17, 15) is 4.79 Å². The van der Waals surface area contributed by atoms with Crippen molar-refractivity contribution in [1.29, 1.82) is 0 Å². The van der Waals surface area contributed by atoms with Crippen molar-refractivity contribution in [3.63, 3.8) is 0 Å². The molecular formula is C8H19NO.